The molecule has 4 rings (SSSR count). The Morgan fingerprint density at radius 1 is 1.03 bits per heavy atom. The molecule has 8 heteroatoms. The van der Waals surface area contributed by atoms with E-state index >= 15 is 0 Å². The Kier molecular flexibility index (Phi) is 6.70. The number of amides is 1. The summed E-state index contributed by atoms with van der Waals surface area (Å²) in [6.07, 6.45) is 2.27. The fraction of sp³-hybridized carbons (Fsp3) is 0.200. The van der Waals surface area contributed by atoms with Gasteiger partial charge in [-0.3, -0.25) is 4.79 Å². The Bertz CT molecular complexity index is 1270. The lowest BCUT2D eigenvalue weighted by Crippen LogP contribution is -2.15. The van der Waals surface area contributed by atoms with Crippen LogP contribution in [0.25, 0.3) is 10.9 Å². The largest absolute Gasteiger partial charge is 0.369 e. The van der Waals surface area contributed by atoms with Crippen molar-refractivity contribution in [3.8, 4) is 0 Å². The van der Waals surface area contributed by atoms with E-state index < -0.39 is 0 Å². The number of carbonyl (C=O) groups excluding carboxylic acids is 1. The topological polar surface area (TPSA) is 83.0 Å². The standard InChI is InChI=1S/C25H25ClN6O/c1-16-4-10-20-21(14-16)30-25(32(2)3)31-23(20)27-13-12-17-5-8-19(9-6-17)29-24(33)18-7-11-22(26)28-15-18/h4-11,14-15H,12-13H2,1-3H3,(H,29,33)(H,27,30,31). The number of benzene rings is 2. The summed E-state index contributed by atoms with van der Waals surface area (Å²) < 4.78 is 0. The zero-order chi connectivity index (χ0) is 23.4. The first-order chi connectivity index (χ1) is 15.9. The highest BCUT2D eigenvalue weighted by atomic mass is 35.5. The third-order valence-electron chi connectivity index (χ3n) is 5.15. The first kappa shape index (κ1) is 22.5. The number of nitrogens with zero attached hydrogens (tertiary/aromatic N) is 4. The average molecular weight is 461 g/mol. The smallest absolute Gasteiger partial charge is 0.257 e. The van der Waals surface area contributed by atoms with Gasteiger partial charge in [0.25, 0.3) is 5.91 Å². The van der Waals surface area contributed by atoms with E-state index in [0.29, 0.717) is 16.7 Å². The van der Waals surface area contributed by atoms with Gasteiger partial charge in [-0.15, -0.1) is 0 Å². The highest BCUT2D eigenvalue weighted by Crippen LogP contribution is 2.24. The number of nitrogens with one attached hydrogen (secondary N) is 2. The van der Waals surface area contributed by atoms with Crippen molar-refractivity contribution in [2.45, 2.75) is 13.3 Å². The minimum Gasteiger partial charge on any atom is -0.369 e. The fourth-order valence-electron chi connectivity index (χ4n) is 3.36. The second kappa shape index (κ2) is 9.83. The van der Waals surface area contributed by atoms with Crippen LogP contribution in [0.5, 0.6) is 0 Å². The van der Waals surface area contributed by atoms with Crippen LogP contribution < -0.4 is 15.5 Å². The molecule has 0 bridgehead atoms. The van der Waals surface area contributed by atoms with E-state index in [1.165, 1.54) is 6.20 Å². The van der Waals surface area contributed by atoms with E-state index in [-0.39, 0.29) is 5.91 Å². The molecule has 4 aromatic rings. The van der Waals surface area contributed by atoms with E-state index in [2.05, 4.69) is 50.7 Å². The highest BCUT2D eigenvalue weighted by molar-refractivity contribution is 6.29. The molecule has 0 saturated carbocycles. The van der Waals surface area contributed by atoms with Crippen molar-refractivity contribution in [2.75, 3.05) is 36.2 Å². The van der Waals surface area contributed by atoms with Gasteiger partial charge < -0.3 is 15.5 Å². The summed E-state index contributed by atoms with van der Waals surface area (Å²) in [6.45, 7) is 2.78. The van der Waals surface area contributed by atoms with Crippen LogP contribution in [0.15, 0.2) is 60.8 Å². The molecule has 0 spiro atoms. The summed E-state index contributed by atoms with van der Waals surface area (Å²) in [5, 5.41) is 7.68. The number of fused-ring (bicyclic) bond motifs is 1. The van der Waals surface area contributed by atoms with Crippen molar-refractivity contribution in [2.24, 2.45) is 0 Å². The molecular formula is C25H25ClN6O. The summed E-state index contributed by atoms with van der Waals surface area (Å²) in [6, 6.07) is 17.2. The van der Waals surface area contributed by atoms with Gasteiger partial charge in [-0.1, -0.05) is 29.8 Å². The van der Waals surface area contributed by atoms with Crippen molar-refractivity contribution in [3.05, 3.63) is 82.6 Å². The lowest BCUT2D eigenvalue weighted by atomic mass is 10.1. The van der Waals surface area contributed by atoms with Crippen molar-refractivity contribution < 1.29 is 4.79 Å². The Labute approximate surface area is 197 Å². The Hall–Kier alpha value is -3.71. The van der Waals surface area contributed by atoms with Crippen LogP contribution >= 0.6 is 11.6 Å². The van der Waals surface area contributed by atoms with Gasteiger partial charge in [0.05, 0.1) is 11.1 Å². The summed E-state index contributed by atoms with van der Waals surface area (Å²) >= 11 is 5.77. The molecule has 0 fully saturated rings. The van der Waals surface area contributed by atoms with Gasteiger partial charge in [-0.2, -0.15) is 4.98 Å². The number of hydrogen-bond acceptors (Lipinski definition) is 6. The first-order valence-electron chi connectivity index (χ1n) is 10.6. The van der Waals surface area contributed by atoms with Crippen LogP contribution in [-0.4, -0.2) is 41.5 Å². The predicted octanol–water partition coefficient (Wildman–Crippen LogP) is 4.96. The van der Waals surface area contributed by atoms with Crippen LogP contribution in [0, 0.1) is 6.92 Å². The highest BCUT2D eigenvalue weighted by Gasteiger charge is 2.10. The fourth-order valence-corrected chi connectivity index (χ4v) is 3.47. The molecule has 33 heavy (non-hydrogen) atoms. The molecular weight excluding hydrogens is 436 g/mol. The molecule has 0 saturated heterocycles. The van der Waals surface area contributed by atoms with Crippen LogP contribution in [0.1, 0.15) is 21.5 Å². The number of pyridine rings is 1. The molecule has 7 nitrogen and oxygen atoms in total. The number of hydrogen-bond donors (Lipinski definition) is 2. The molecule has 0 aliphatic rings. The number of halogens is 1. The van der Waals surface area contributed by atoms with E-state index in [1.54, 1.807) is 12.1 Å². The summed E-state index contributed by atoms with van der Waals surface area (Å²) in [5.74, 6) is 1.27. The SMILES string of the molecule is Cc1ccc2c(NCCc3ccc(NC(=O)c4ccc(Cl)nc4)cc3)nc(N(C)C)nc2c1. The molecule has 1 amide bonds. The minimum absolute atomic E-state index is 0.226. The van der Waals surface area contributed by atoms with Crippen molar-refractivity contribution in [1.29, 1.82) is 0 Å². The zero-order valence-electron chi connectivity index (χ0n) is 18.8. The predicted molar refractivity (Wildman–Crippen MR) is 134 cm³/mol. The van der Waals surface area contributed by atoms with Gasteiger partial charge in [0.15, 0.2) is 0 Å². The second-order valence-corrected chi connectivity index (χ2v) is 8.37. The Morgan fingerprint density at radius 2 is 1.82 bits per heavy atom. The Balaban J connectivity index is 1.39. The molecule has 2 aromatic heterocycles. The van der Waals surface area contributed by atoms with Crippen molar-refractivity contribution >= 4 is 45.9 Å². The molecule has 0 aliphatic heterocycles. The molecule has 168 valence electrons. The van der Waals surface area contributed by atoms with E-state index in [0.717, 1.165) is 46.5 Å². The maximum atomic E-state index is 12.3. The summed E-state index contributed by atoms with van der Waals surface area (Å²) in [4.78, 5) is 27.5. The zero-order valence-corrected chi connectivity index (χ0v) is 19.5. The Morgan fingerprint density at radius 3 is 2.52 bits per heavy atom. The number of rotatable bonds is 7. The van der Waals surface area contributed by atoms with Crippen molar-refractivity contribution in [1.82, 2.24) is 15.0 Å². The first-order valence-corrected chi connectivity index (χ1v) is 11.0. The molecule has 2 N–H and O–H groups in total. The number of carbonyl (C=O) groups is 1. The number of anilines is 3. The third kappa shape index (κ3) is 5.56. The summed E-state index contributed by atoms with van der Waals surface area (Å²) in [5.41, 5.74) is 4.41. The molecule has 0 radical (unpaired) electrons. The molecule has 0 unspecified atom stereocenters. The number of aryl methyl sites for hydroxylation is 1. The quantitative estimate of drug-likeness (QED) is 0.379. The van der Waals surface area contributed by atoms with Gasteiger partial charge in [-0.05, 0) is 60.9 Å². The molecule has 0 atom stereocenters. The van der Waals surface area contributed by atoms with Gasteiger partial charge in [0.2, 0.25) is 5.95 Å². The van der Waals surface area contributed by atoms with Gasteiger partial charge in [-0.25, -0.2) is 9.97 Å². The summed E-state index contributed by atoms with van der Waals surface area (Å²) in [7, 11) is 3.87. The van der Waals surface area contributed by atoms with Gasteiger partial charge >= 0.3 is 0 Å². The normalized spacial score (nSPS) is 10.8. The molecule has 2 aromatic carbocycles. The van der Waals surface area contributed by atoms with Gasteiger partial charge in [0.1, 0.15) is 11.0 Å². The molecule has 2 heterocycles. The molecule has 0 aliphatic carbocycles. The average Bonchev–Trinajstić information content (AvgIpc) is 2.80. The lowest BCUT2D eigenvalue weighted by molar-refractivity contribution is 0.102. The maximum Gasteiger partial charge on any atom is 0.257 e. The van der Waals surface area contributed by atoms with E-state index in [9.17, 15) is 4.79 Å². The third-order valence-corrected chi connectivity index (χ3v) is 5.37. The van der Waals surface area contributed by atoms with E-state index in [4.69, 9.17) is 11.6 Å². The number of aromatic nitrogens is 3. The van der Waals surface area contributed by atoms with Gasteiger partial charge in [0, 0.05) is 37.9 Å². The maximum absolute atomic E-state index is 12.3. The van der Waals surface area contributed by atoms with Crippen LogP contribution in [0.3, 0.4) is 0 Å². The van der Waals surface area contributed by atoms with Crippen LogP contribution in [0.4, 0.5) is 17.5 Å². The van der Waals surface area contributed by atoms with Crippen molar-refractivity contribution in [3.63, 3.8) is 0 Å². The van der Waals surface area contributed by atoms with Crippen LogP contribution in [-0.2, 0) is 6.42 Å². The minimum atomic E-state index is -0.226. The second-order valence-electron chi connectivity index (χ2n) is 7.98. The van der Waals surface area contributed by atoms with Crippen LogP contribution in [0.2, 0.25) is 5.15 Å². The lowest BCUT2D eigenvalue weighted by Gasteiger charge is -2.15. The van der Waals surface area contributed by atoms with E-state index in [1.807, 2.05) is 43.3 Å². The monoisotopic (exact) mass is 460 g/mol.